The first-order valence-electron chi connectivity index (χ1n) is 8.83. The fourth-order valence-electron chi connectivity index (χ4n) is 3.49. The number of amides is 1. The number of carbonyl (C=O) groups is 1. The third kappa shape index (κ3) is 4.02. The van der Waals surface area contributed by atoms with Gasteiger partial charge in [-0.15, -0.1) is 0 Å². The van der Waals surface area contributed by atoms with Crippen molar-refractivity contribution in [1.82, 2.24) is 9.88 Å². The van der Waals surface area contributed by atoms with E-state index in [-0.39, 0.29) is 5.91 Å². The minimum atomic E-state index is 0.122. The highest BCUT2D eigenvalue weighted by atomic mass is 16.5. The van der Waals surface area contributed by atoms with Gasteiger partial charge < -0.3 is 14.5 Å². The van der Waals surface area contributed by atoms with Crippen molar-refractivity contribution in [1.29, 1.82) is 0 Å². The summed E-state index contributed by atoms with van der Waals surface area (Å²) in [4.78, 5) is 21.2. The van der Waals surface area contributed by atoms with Crippen LogP contribution in [0.5, 0.6) is 0 Å². The monoisotopic (exact) mass is 317 g/mol. The number of anilines is 1. The molecule has 2 saturated heterocycles. The largest absolute Gasteiger partial charge is 0.378 e. The summed E-state index contributed by atoms with van der Waals surface area (Å²) in [5, 5.41) is 0. The van der Waals surface area contributed by atoms with Gasteiger partial charge in [0.25, 0.3) is 5.91 Å². The molecule has 3 rings (SSSR count). The summed E-state index contributed by atoms with van der Waals surface area (Å²) >= 11 is 0. The lowest BCUT2D eigenvalue weighted by Gasteiger charge is -2.23. The van der Waals surface area contributed by atoms with Crippen molar-refractivity contribution >= 4 is 11.7 Å². The molecule has 0 spiro atoms. The van der Waals surface area contributed by atoms with Crippen molar-refractivity contribution in [2.75, 3.05) is 38.2 Å². The van der Waals surface area contributed by atoms with E-state index in [1.165, 1.54) is 12.8 Å². The van der Waals surface area contributed by atoms with Gasteiger partial charge in [0.05, 0.1) is 11.7 Å². The maximum Gasteiger partial charge on any atom is 0.257 e. The van der Waals surface area contributed by atoms with Crippen molar-refractivity contribution in [2.24, 2.45) is 0 Å². The molecule has 126 valence electrons. The lowest BCUT2D eigenvalue weighted by Crippen LogP contribution is -2.31. The fraction of sp³-hybridized carbons (Fsp3) is 0.667. The van der Waals surface area contributed by atoms with E-state index in [4.69, 9.17) is 4.74 Å². The van der Waals surface area contributed by atoms with Gasteiger partial charge in [-0.2, -0.15) is 0 Å². The fourth-order valence-corrected chi connectivity index (χ4v) is 3.49. The highest BCUT2D eigenvalue weighted by molar-refractivity contribution is 5.99. The summed E-state index contributed by atoms with van der Waals surface area (Å²) in [6, 6.07) is 3.76. The highest BCUT2D eigenvalue weighted by Gasteiger charge is 2.23. The molecule has 23 heavy (non-hydrogen) atoms. The van der Waals surface area contributed by atoms with Crippen molar-refractivity contribution in [3.8, 4) is 0 Å². The van der Waals surface area contributed by atoms with Crippen LogP contribution in [0.3, 0.4) is 0 Å². The smallest absolute Gasteiger partial charge is 0.257 e. The number of likely N-dealkylation sites (tertiary alicyclic amines) is 1. The van der Waals surface area contributed by atoms with Crippen LogP contribution in [0.2, 0.25) is 0 Å². The first kappa shape index (κ1) is 16.2. The number of hydrogen-bond acceptors (Lipinski definition) is 4. The van der Waals surface area contributed by atoms with E-state index in [9.17, 15) is 4.79 Å². The quantitative estimate of drug-likeness (QED) is 0.809. The molecule has 0 radical (unpaired) electrons. The van der Waals surface area contributed by atoms with Crippen molar-refractivity contribution in [3.05, 3.63) is 23.9 Å². The van der Waals surface area contributed by atoms with E-state index in [1.54, 1.807) is 6.20 Å². The molecule has 5 heteroatoms. The second-order valence-corrected chi connectivity index (χ2v) is 6.57. The van der Waals surface area contributed by atoms with Crippen LogP contribution >= 0.6 is 0 Å². The maximum atomic E-state index is 12.7. The lowest BCUT2D eigenvalue weighted by molar-refractivity contribution is 0.0793. The summed E-state index contributed by atoms with van der Waals surface area (Å²) < 4.78 is 5.67. The molecule has 1 aromatic heterocycles. The van der Waals surface area contributed by atoms with E-state index in [1.807, 2.05) is 24.1 Å². The Morgan fingerprint density at radius 3 is 2.96 bits per heavy atom. The van der Waals surface area contributed by atoms with Crippen LogP contribution < -0.4 is 4.90 Å². The Hall–Kier alpha value is -1.62. The molecule has 2 fully saturated rings. The van der Waals surface area contributed by atoms with Gasteiger partial charge in [0.1, 0.15) is 5.82 Å². The minimum Gasteiger partial charge on any atom is -0.378 e. The summed E-state index contributed by atoms with van der Waals surface area (Å²) in [6.45, 7) is 3.55. The molecule has 0 saturated carbocycles. The van der Waals surface area contributed by atoms with Crippen LogP contribution in [0.1, 0.15) is 48.9 Å². The van der Waals surface area contributed by atoms with Crippen LogP contribution in [0.4, 0.5) is 5.82 Å². The number of rotatable bonds is 6. The van der Waals surface area contributed by atoms with Crippen molar-refractivity contribution in [2.45, 2.75) is 44.6 Å². The topological polar surface area (TPSA) is 45.7 Å². The SMILES string of the molecule is CN(CCCC1CCCO1)c1ncccc1C(=O)N1CCCC1. The Labute approximate surface area is 138 Å². The molecule has 1 atom stereocenters. The molecular weight excluding hydrogens is 290 g/mol. The van der Waals surface area contributed by atoms with Crippen LogP contribution in [0.25, 0.3) is 0 Å². The zero-order valence-corrected chi connectivity index (χ0v) is 14.0. The number of nitrogens with zero attached hydrogens (tertiary/aromatic N) is 3. The molecule has 5 nitrogen and oxygen atoms in total. The van der Waals surface area contributed by atoms with E-state index >= 15 is 0 Å². The van der Waals surface area contributed by atoms with Crippen LogP contribution in [-0.2, 0) is 4.74 Å². The maximum absolute atomic E-state index is 12.7. The standard InChI is InChI=1S/C18H27N3O2/c1-20(11-5-7-15-8-6-14-23-15)17-16(9-4-10-19-17)18(22)21-12-2-3-13-21/h4,9-10,15H,2-3,5-8,11-14H2,1H3. The van der Waals surface area contributed by atoms with Gasteiger partial charge in [0.15, 0.2) is 0 Å². The zero-order valence-electron chi connectivity index (χ0n) is 14.0. The van der Waals surface area contributed by atoms with Gasteiger partial charge in [-0.25, -0.2) is 4.98 Å². The first-order valence-corrected chi connectivity index (χ1v) is 8.83. The molecule has 2 aliphatic heterocycles. The average Bonchev–Trinajstić information content (AvgIpc) is 3.27. The minimum absolute atomic E-state index is 0.122. The molecule has 0 aromatic carbocycles. The first-order chi connectivity index (χ1) is 11.3. The van der Waals surface area contributed by atoms with E-state index in [0.29, 0.717) is 6.10 Å². The molecule has 0 N–H and O–H groups in total. The van der Waals surface area contributed by atoms with E-state index in [2.05, 4.69) is 9.88 Å². The molecule has 0 aliphatic carbocycles. The van der Waals surface area contributed by atoms with Crippen molar-refractivity contribution in [3.63, 3.8) is 0 Å². The van der Waals surface area contributed by atoms with E-state index < -0.39 is 0 Å². The Bertz CT molecular complexity index is 523. The molecule has 1 aromatic rings. The van der Waals surface area contributed by atoms with E-state index in [0.717, 1.165) is 63.3 Å². The van der Waals surface area contributed by atoms with Crippen LogP contribution in [-0.4, -0.2) is 55.2 Å². The number of aromatic nitrogens is 1. The molecule has 3 heterocycles. The molecular formula is C18H27N3O2. The highest BCUT2D eigenvalue weighted by Crippen LogP contribution is 2.22. The van der Waals surface area contributed by atoms with Gasteiger partial charge in [-0.05, 0) is 50.7 Å². The summed E-state index contributed by atoms with van der Waals surface area (Å²) in [6.07, 6.45) is 8.95. The van der Waals surface area contributed by atoms with Gasteiger partial charge in [0.2, 0.25) is 0 Å². The Morgan fingerprint density at radius 2 is 2.22 bits per heavy atom. The Kier molecular flexibility index (Phi) is 5.49. The normalized spacial score (nSPS) is 20.9. The molecule has 1 amide bonds. The number of ether oxygens (including phenoxy) is 1. The zero-order chi connectivity index (χ0) is 16.1. The Morgan fingerprint density at radius 1 is 1.39 bits per heavy atom. The van der Waals surface area contributed by atoms with Gasteiger partial charge in [-0.3, -0.25) is 4.79 Å². The second kappa shape index (κ2) is 7.77. The summed E-state index contributed by atoms with van der Waals surface area (Å²) in [7, 11) is 2.03. The summed E-state index contributed by atoms with van der Waals surface area (Å²) in [5.41, 5.74) is 0.731. The summed E-state index contributed by atoms with van der Waals surface area (Å²) in [5.74, 6) is 0.924. The number of hydrogen-bond donors (Lipinski definition) is 0. The van der Waals surface area contributed by atoms with Gasteiger partial charge in [0, 0.05) is 39.5 Å². The average molecular weight is 317 g/mol. The van der Waals surface area contributed by atoms with Crippen LogP contribution in [0, 0.1) is 0 Å². The number of carbonyl (C=O) groups excluding carboxylic acids is 1. The van der Waals surface area contributed by atoms with Gasteiger partial charge in [-0.1, -0.05) is 0 Å². The molecule has 1 unspecified atom stereocenters. The third-order valence-electron chi connectivity index (χ3n) is 4.82. The molecule has 0 bridgehead atoms. The van der Waals surface area contributed by atoms with Gasteiger partial charge >= 0.3 is 0 Å². The Balaban J connectivity index is 1.60. The third-order valence-corrected chi connectivity index (χ3v) is 4.82. The molecule has 2 aliphatic rings. The second-order valence-electron chi connectivity index (χ2n) is 6.57. The van der Waals surface area contributed by atoms with Crippen LogP contribution in [0.15, 0.2) is 18.3 Å². The number of pyridine rings is 1. The predicted octanol–water partition coefficient (Wildman–Crippen LogP) is 2.71. The predicted molar refractivity (Wildman–Crippen MR) is 90.9 cm³/mol. The van der Waals surface area contributed by atoms with Crippen molar-refractivity contribution < 1.29 is 9.53 Å². The lowest BCUT2D eigenvalue weighted by atomic mass is 10.1.